The highest BCUT2D eigenvalue weighted by Crippen LogP contribution is 2.34. The van der Waals surface area contributed by atoms with E-state index in [-0.39, 0.29) is 30.3 Å². The maximum Gasteiger partial charge on any atom is 0.416 e. The zero-order valence-corrected chi connectivity index (χ0v) is 22.0. The summed E-state index contributed by atoms with van der Waals surface area (Å²) in [6.45, 7) is 5.31. The molecule has 0 radical (unpaired) electrons. The van der Waals surface area contributed by atoms with Crippen molar-refractivity contribution in [3.63, 3.8) is 0 Å². The fourth-order valence-corrected chi connectivity index (χ4v) is 4.72. The van der Waals surface area contributed by atoms with Crippen molar-refractivity contribution >= 4 is 37.2 Å². The van der Waals surface area contributed by atoms with Crippen LogP contribution in [0, 0.1) is 17.5 Å². The number of urea groups is 1. The number of nitrogens with one attached hydrogen (secondary N) is 2. The molecule has 1 heterocycles. The number of hydrogen-bond donors (Lipinski definition) is 2. The van der Waals surface area contributed by atoms with Crippen molar-refractivity contribution in [3.8, 4) is 11.1 Å². The molecular formula is C26H25F6N4O2P. The second-order valence-corrected chi connectivity index (χ2v) is 11.0. The molecule has 3 aromatic rings. The van der Waals surface area contributed by atoms with Crippen molar-refractivity contribution in [1.29, 1.82) is 0 Å². The maximum absolute atomic E-state index is 15.1. The second kappa shape index (κ2) is 12.5. The van der Waals surface area contributed by atoms with Crippen LogP contribution in [0.4, 0.5) is 42.5 Å². The first-order valence-electron chi connectivity index (χ1n) is 11.6. The van der Waals surface area contributed by atoms with E-state index in [0.717, 1.165) is 11.0 Å². The highest BCUT2D eigenvalue weighted by atomic mass is 31.1. The van der Waals surface area contributed by atoms with Gasteiger partial charge in [0.05, 0.1) is 22.4 Å². The van der Waals surface area contributed by atoms with Gasteiger partial charge in [0.15, 0.2) is 11.6 Å². The van der Waals surface area contributed by atoms with Crippen molar-refractivity contribution in [2.45, 2.75) is 25.6 Å². The van der Waals surface area contributed by atoms with E-state index >= 15 is 8.78 Å². The van der Waals surface area contributed by atoms with Gasteiger partial charge in [0.25, 0.3) is 0 Å². The van der Waals surface area contributed by atoms with Crippen LogP contribution < -0.4 is 21.0 Å². The topological polar surface area (TPSA) is 74.3 Å². The molecule has 0 saturated heterocycles. The van der Waals surface area contributed by atoms with Crippen LogP contribution in [0.15, 0.2) is 48.7 Å². The highest BCUT2D eigenvalue weighted by molar-refractivity contribution is 7.64. The normalized spacial score (nSPS) is 12.3. The minimum Gasteiger partial charge on any atom is -0.335 e. The smallest absolute Gasteiger partial charge is 0.335 e. The molecule has 208 valence electrons. The van der Waals surface area contributed by atoms with Crippen molar-refractivity contribution in [2.24, 2.45) is 0 Å². The van der Waals surface area contributed by atoms with Gasteiger partial charge in [-0.1, -0.05) is 14.0 Å². The van der Waals surface area contributed by atoms with E-state index < -0.39 is 54.9 Å². The van der Waals surface area contributed by atoms with E-state index in [1.54, 1.807) is 25.3 Å². The van der Waals surface area contributed by atoms with Crippen LogP contribution >= 0.6 is 7.92 Å². The van der Waals surface area contributed by atoms with Crippen molar-refractivity contribution < 1.29 is 35.9 Å². The number of aromatic nitrogens is 1. The fourth-order valence-electron chi connectivity index (χ4n) is 3.74. The molecule has 0 aliphatic carbocycles. The van der Waals surface area contributed by atoms with Gasteiger partial charge in [0.1, 0.15) is 5.82 Å². The predicted molar refractivity (Wildman–Crippen MR) is 139 cm³/mol. The molecule has 0 bridgehead atoms. The standard InChI is InChI=1S/C26H25F6N4O2P/c1-15(34-25(38)35-20-8-6-16(13-19(20)27)26(30,31)32)10-12-36(14-37)21-9-7-17(22(28)23(21)29)18-5-4-11-33-24(18)39(2)3/h4-9,11,13-15H,10,12H2,1-3H3,(H2,34,35,38). The molecular weight excluding hydrogens is 545 g/mol. The van der Waals surface area contributed by atoms with Gasteiger partial charge in [-0.2, -0.15) is 13.2 Å². The van der Waals surface area contributed by atoms with Crippen LogP contribution in [-0.4, -0.2) is 43.3 Å². The Labute approximate surface area is 222 Å². The maximum atomic E-state index is 15.1. The third kappa shape index (κ3) is 7.26. The molecule has 2 N–H and O–H groups in total. The number of halogens is 6. The monoisotopic (exact) mass is 570 g/mol. The van der Waals surface area contributed by atoms with Gasteiger partial charge in [-0.05, 0) is 63.1 Å². The number of carbonyl (C=O) groups is 2. The molecule has 2 aromatic carbocycles. The summed E-state index contributed by atoms with van der Waals surface area (Å²) in [4.78, 5) is 29.1. The lowest BCUT2D eigenvalue weighted by atomic mass is 10.1. The lowest BCUT2D eigenvalue weighted by Gasteiger charge is -2.22. The van der Waals surface area contributed by atoms with E-state index in [1.165, 1.54) is 12.1 Å². The van der Waals surface area contributed by atoms with Gasteiger partial charge in [-0.3, -0.25) is 9.78 Å². The van der Waals surface area contributed by atoms with E-state index in [1.807, 2.05) is 13.3 Å². The van der Waals surface area contributed by atoms with Gasteiger partial charge in [-0.15, -0.1) is 0 Å². The van der Waals surface area contributed by atoms with Gasteiger partial charge in [0, 0.05) is 29.9 Å². The number of benzene rings is 2. The molecule has 3 rings (SSSR count). The summed E-state index contributed by atoms with van der Waals surface area (Å²) in [6, 6.07) is 6.06. The summed E-state index contributed by atoms with van der Waals surface area (Å²) in [6.07, 6.45) is -2.74. The minimum atomic E-state index is -4.74. The van der Waals surface area contributed by atoms with Crippen LogP contribution in [0.2, 0.25) is 0 Å². The first-order valence-corrected chi connectivity index (χ1v) is 13.8. The molecule has 0 aliphatic rings. The highest BCUT2D eigenvalue weighted by Gasteiger charge is 2.31. The Morgan fingerprint density at radius 1 is 1.08 bits per heavy atom. The Morgan fingerprint density at radius 2 is 1.79 bits per heavy atom. The Morgan fingerprint density at radius 3 is 2.41 bits per heavy atom. The van der Waals surface area contributed by atoms with E-state index in [0.29, 0.717) is 23.5 Å². The van der Waals surface area contributed by atoms with E-state index in [4.69, 9.17) is 0 Å². The summed E-state index contributed by atoms with van der Waals surface area (Å²) < 4.78 is 82.2. The Bertz CT molecular complexity index is 1350. The third-order valence-corrected chi connectivity index (χ3v) is 6.93. The summed E-state index contributed by atoms with van der Waals surface area (Å²) in [5, 5.41) is 4.57. The SMILES string of the molecule is CC(CCN(C=O)c1ccc(-c2cccnc2P(C)C)c(F)c1F)NC(=O)Nc1ccc(C(F)(F)F)cc1F. The molecule has 6 nitrogen and oxygen atoms in total. The van der Waals surface area contributed by atoms with E-state index in [2.05, 4.69) is 15.6 Å². The minimum absolute atomic E-state index is 0.0172. The van der Waals surface area contributed by atoms with E-state index in [9.17, 15) is 27.2 Å². The fraction of sp³-hybridized carbons (Fsp3) is 0.269. The molecule has 3 amide bonds. The number of pyridine rings is 1. The largest absolute Gasteiger partial charge is 0.416 e. The summed E-state index contributed by atoms with van der Waals surface area (Å²) in [5.41, 5.74) is -0.830. The molecule has 0 aliphatic heterocycles. The molecule has 0 fully saturated rings. The summed E-state index contributed by atoms with van der Waals surface area (Å²) in [5.74, 6) is -3.62. The zero-order chi connectivity index (χ0) is 28.9. The van der Waals surface area contributed by atoms with Gasteiger partial charge in [0.2, 0.25) is 6.41 Å². The lowest BCUT2D eigenvalue weighted by Crippen LogP contribution is -2.38. The lowest BCUT2D eigenvalue weighted by molar-refractivity contribution is -0.137. The van der Waals surface area contributed by atoms with Gasteiger partial charge in [-0.25, -0.2) is 18.0 Å². The van der Waals surface area contributed by atoms with Crippen LogP contribution in [0.5, 0.6) is 0 Å². The molecule has 1 aromatic heterocycles. The number of anilines is 2. The van der Waals surface area contributed by atoms with Crippen molar-refractivity contribution in [2.75, 3.05) is 30.1 Å². The number of rotatable bonds is 9. The molecule has 39 heavy (non-hydrogen) atoms. The number of nitrogens with zero attached hydrogens (tertiary/aromatic N) is 2. The predicted octanol–water partition coefficient (Wildman–Crippen LogP) is 6.11. The number of carbonyl (C=O) groups excluding carboxylic acids is 2. The van der Waals surface area contributed by atoms with Crippen molar-refractivity contribution in [3.05, 3.63) is 71.7 Å². The molecule has 1 unspecified atom stereocenters. The average Bonchev–Trinajstić information content (AvgIpc) is 2.87. The Kier molecular flexibility index (Phi) is 9.55. The van der Waals surface area contributed by atoms with Crippen LogP contribution in [0.3, 0.4) is 0 Å². The first kappa shape index (κ1) is 29.9. The number of amides is 3. The quantitative estimate of drug-likeness (QED) is 0.185. The Balaban J connectivity index is 1.66. The van der Waals surface area contributed by atoms with Crippen LogP contribution in [-0.2, 0) is 11.0 Å². The van der Waals surface area contributed by atoms with Gasteiger partial charge >= 0.3 is 12.2 Å². The molecule has 0 spiro atoms. The zero-order valence-electron chi connectivity index (χ0n) is 21.1. The first-order chi connectivity index (χ1) is 18.3. The summed E-state index contributed by atoms with van der Waals surface area (Å²) >= 11 is 0. The van der Waals surface area contributed by atoms with Gasteiger partial charge < -0.3 is 15.5 Å². The average molecular weight is 570 g/mol. The molecule has 0 saturated carbocycles. The third-order valence-electron chi connectivity index (χ3n) is 5.72. The number of hydrogen-bond acceptors (Lipinski definition) is 3. The van der Waals surface area contributed by atoms with Crippen molar-refractivity contribution in [1.82, 2.24) is 10.3 Å². The van der Waals surface area contributed by atoms with Crippen LogP contribution in [0.25, 0.3) is 11.1 Å². The molecule has 1 atom stereocenters. The Hall–Kier alpha value is -3.66. The van der Waals surface area contributed by atoms with Crippen LogP contribution in [0.1, 0.15) is 18.9 Å². The molecule has 13 heteroatoms. The summed E-state index contributed by atoms with van der Waals surface area (Å²) in [7, 11) is -0.703. The number of alkyl halides is 3. The second-order valence-electron chi connectivity index (χ2n) is 8.81.